The molecule has 0 radical (unpaired) electrons. The fraction of sp³-hybridized carbons (Fsp3) is 0.588. The van der Waals surface area contributed by atoms with Crippen molar-refractivity contribution in [1.82, 2.24) is 9.88 Å². The van der Waals surface area contributed by atoms with Gasteiger partial charge >= 0.3 is 0 Å². The van der Waals surface area contributed by atoms with Gasteiger partial charge in [0, 0.05) is 26.3 Å². The van der Waals surface area contributed by atoms with Crippen LogP contribution in [0.5, 0.6) is 0 Å². The molecule has 3 rings (SSSR count). The smallest absolute Gasteiger partial charge is 0.228 e. The highest BCUT2D eigenvalue weighted by atomic mass is 16.2. The lowest BCUT2D eigenvalue weighted by atomic mass is 9.76. The average molecular weight is 298 g/mol. The van der Waals surface area contributed by atoms with Crippen LogP contribution in [0, 0.1) is 23.2 Å². The highest BCUT2D eigenvalue weighted by molar-refractivity contribution is 5.81. The van der Waals surface area contributed by atoms with Crippen LogP contribution in [-0.4, -0.2) is 41.5 Å². The summed E-state index contributed by atoms with van der Waals surface area (Å²) in [6, 6.07) is 8.20. The molecule has 0 aromatic carbocycles. The van der Waals surface area contributed by atoms with Crippen molar-refractivity contribution in [1.29, 1.82) is 5.26 Å². The summed E-state index contributed by atoms with van der Waals surface area (Å²) in [6.45, 7) is 3.63. The number of hydrogen-bond donors (Lipinski definition) is 0. The first-order valence-corrected chi connectivity index (χ1v) is 7.92. The Morgan fingerprint density at radius 2 is 2.23 bits per heavy atom. The molecule has 2 aliphatic rings. The van der Waals surface area contributed by atoms with Gasteiger partial charge in [0.2, 0.25) is 5.91 Å². The quantitative estimate of drug-likeness (QED) is 0.857. The predicted molar refractivity (Wildman–Crippen MR) is 84.1 cm³/mol. The van der Waals surface area contributed by atoms with E-state index in [0.29, 0.717) is 6.54 Å². The van der Waals surface area contributed by atoms with Crippen molar-refractivity contribution in [3.05, 3.63) is 24.4 Å². The molecule has 0 N–H and O–H groups in total. The third-order valence-electron chi connectivity index (χ3n) is 5.26. The highest BCUT2D eigenvalue weighted by Gasteiger charge is 2.47. The van der Waals surface area contributed by atoms with Gasteiger partial charge in [-0.05, 0) is 37.3 Å². The van der Waals surface area contributed by atoms with Crippen LogP contribution >= 0.6 is 0 Å². The van der Waals surface area contributed by atoms with Gasteiger partial charge in [0.1, 0.15) is 11.4 Å². The molecule has 0 spiro atoms. The average Bonchev–Trinajstić information content (AvgIpc) is 2.89. The number of pyridine rings is 1. The van der Waals surface area contributed by atoms with Crippen LogP contribution in [-0.2, 0) is 4.79 Å². The zero-order valence-electron chi connectivity index (χ0n) is 13.2. The highest BCUT2D eigenvalue weighted by Crippen LogP contribution is 2.38. The fourth-order valence-electron chi connectivity index (χ4n) is 3.51. The molecule has 0 unspecified atom stereocenters. The largest absolute Gasteiger partial charge is 0.356 e. The van der Waals surface area contributed by atoms with Crippen molar-refractivity contribution in [2.24, 2.45) is 11.8 Å². The number of amides is 1. The predicted octanol–water partition coefficient (Wildman–Crippen LogP) is 2.06. The summed E-state index contributed by atoms with van der Waals surface area (Å²) in [5.41, 5.74) is -0.560. The van der Waals surface area contributed by atoms with Crippen LogP contribution in [0.1, 0.15) is 26.2 Å². The molecule has 116 valence electrons. The van der Waals surface area contributed by atoms with E-state index >= 15 is 0 Å². The van der Waals surface area contributed by atoms with Gasteiger partial charge in [0.15, 0.2) is 0 Å². The Hall–Kier alpha value is -2.09. The number of anilines is 1. The molecule has 0 bridgehead atoms. The van der Waals surface area contributed by atoms with Crippen LogP contribution in [0.2, 0.25) is 0 Å². The Labute approximate surface area is 131 Å². The van der Waals surface area contributed by atoms with Gasteiger partial charge in [-0.15, -0.1) is 0 Å². The lowest BCUT2D eigenvalue weighted by Gasteiger charge is -2.44. The van der Waals surface area contributed by atoms with Gasteiger partial charge in [-0.25, -0.2) is 4.98 Å². The van der Waals surface area contributed by atoms with E-state index < -0.39 is 5.54 Å². The van der Waals surface area contributed by atoms with E-state index in [2.05, 4.69) is 22.9 Å². The number of nitriles is 1. The minimum absolute atomic E-state index is 0.0576. The van der Waals surface area contributed by atoms with E-state index in [4.69, 9.17) is 0 Å². The Bertz CT molecular complexity index is 590. The minimum Gasteiger partial charge on any atom is -0.356 e. The van der Waals surface area contributed by atoms with E-state index in [1.807, 2.05) is 18.2 Å². The van der Waals surface area contributed by atoms with Crippen molar-refractivity contribution < 1.29 is 4.79 Å². The standard InChI is InChI=1S/C17H22N4O/c1-13-10-21(15-6-3-4-9-19-15)11-14(13)16(22)20(2)17(12-18)7-5-8-17/h3-4,6,9,13-14H,5,7-8,10-11H2,1-2H3/t13-,14-/m1/s1. The summed E-state index contributed by atoms with van der Waals surface area (Å²) < 4.78 is 0. The van der Waals surface area contributed by atoms with Crippen LogP contribution in [0.3, 0.4) is 0 Å². The molecule has 1 aromatic heterocycles. The Balaban J connectivity index is 1.73. The monoisotopic (exact) mass is 298 g/mol. The molecule has 2 heterocycles. The van der Waals surface area contributed by atoms with Crippen molar-refractivity contribution in [2.75, 3.05) is 25.0 Å². The maximum atomic E-state index is 12.9. The van der Waals surface area contributed by atoms with Crippen LogP contribution in [0.15, 0.2) is 24.4 Å². The molecule has 1 aromatic rings. The maximum absolute atomic E-state index is 12.9. The number of carbonyl (C=O) groups is 1. The number of aromatic nitrogens is 1. The minimum atomic E-state index is -0.560. The third kappa shape index (κ3) is 2.33. The molecule has 1 saturated heterocycles. The molecule has 2 fully saturated rings. The zero-order chi connectivity index (χ0) is 15.7. The summed E-state index contributed by atoms with van der Waals surface area (Å²) >= 11 is 0. The van der Waals surface area contributed by atoms with Gasteiger partial charge in [-0.2, -0.15) is 5.26 Å². The van der Waals surface area contributed by atoms with Crippen LogP contribution < -0.4 is 4.90 Å². The summed E-state index contributed by atoms with van der Waals surface area (Å²) in [7, 11) is 1.79. The van der Waals surface area contributed by atoms with Gasteiger partial charge in [0.25, 0.3) is 0 Å². The first-order valence-electron chi connectivity index (χ1n) is 7.92. The topological polar surface area (TPSA) is 60.2 Å². The van der Waals surface area contributed by atoms with E-state index in [1.54, 1.807) is 18.1 Å². The Kier molecular flexibility index (Phi) is 3.78. The van der Waals surface area contributed by atoms with Crippen LogP contribution in [0.4, 0.5) is 5.82 Å². The van der Waals surface area contributed by atoms with Crippen molar-refractivity contribution in [2.45, 2.75) is 31.7 Å². The SMILES string of the molecule is C[C@@H]1CN(c2ccccn2)C[C@H]1C(=O)N(C)C1(C#N)CCC1. The molecular weight excluding hydrogens is 276 g/mol. The lowest BCUT2D eigenvalue weighted by molar-refractivity contribution is -0.141. The molecule has 1 aliphatic carbocycles. The maximum Gasteiger partial charge on any atom is 0.228 e. The molecule has 2 atom stereocenters. The molecule has 5 heteroatoms. The lowest BCUT2D eigenvalue weighted by Crippen LogP contribution is -2.55. The summed E-state index contributed by atoms with van der Waals surface area (Å²) in [5, 5.41) is 9.43. The van der Waals surface area contributed by atoms with Gasteiger partial charge in [0.05, 0.1) is 12.0 Å². The molecule has 1 amide bonds. The van der Waals surface area contributed by atoms with Gasteiger partial charge in [-0.1, -0.05) is 13.0 Å². The van der Waals surface area contributed by atoms with Crippen molar-refractivity contribution in [3.8, 4) is 6.07 Å². The molecule has 1 aliphatic heterocycles. The summed E-state index contributed by atoms with van der Waals surface area (Å²) in [6.07, 6.45) is 4.42. The van der Waals surface area contributed by atoms with Crippen molar-refractivity contribution >= 4 is 11.7 Å². The second-order valence-corrected chi connectivity index (χ2v) is 6.57. The van der Waals surface area contributed by atoms with Gasteiger partial charge in [-0.3, -0.25) is 4.79 Å². The summed E-state index contributed by atoms with van der Waals surface area (Å²) in [5.74, 6) is 1.24. The first-order chi connectivity index (χ1) is 10.6. The molecule has 22 heavy (non-hydrogen) atoms. The van der Waals surface area contributed by atoms with Crippen molar-refractivity contribution in [3.63, 3.8) is 0 Å². The Morgan fingerprint density at radius 3 is 2.77 bits per heavy atom. The van der Waals surface area contributed by atoms with E-state index in [9.17, 15) is 10.1 Å². The van der Waals surface area contributed by atoms with E-state index in [1.165, 1.54) is 0 Å². The molecular formula is C17H22N4O. The third-order valence-corrected chi connectivity index (χ3v) is 5.26. The van der Waals surface area contributed by atoms with E-state index in [-0.39, 0.29) is 17.7 Å². The number of rotatable bonds is 3. The normalized spacial score (nSPS) is 26.1. The van der Waals surface area contributed by atoms with E-state index in [0.717, 1.165) is 31.6 Å². The molecule has 5 nitrogen and oxygen atoms in total. The van der Waals surface area contributed by atoms with Gasteiger partial charge < -0.3 is 9.80 Å². The second-order valence-electron chi connectivity index (χ2n) is 6.57. The Morgan fingerprint density at radius 1 is 1.45 bits per heavy atom. The molecule has 1 saturated carbocycles. The van der Waals surface area contributed by atoms with Crippen LogP contribution in [0.25, 0.3) is 0 Å². The number of nitrogens with zero attached hydrogens (tertiary/aromatic N) is 4. The summed E-state index contributed by atoms with van der Waals surface area (Å²) in [4.78, 5) is 21.1. The fourth-order valence-corrected chi connectivity index (χ4v) is 3.51. The second kappa shape index (κ2) is 5.60. The number of carbonyl (C=O) groups excluding carboxylic acids is 1. The number of hydrogen-bond acceptors (Lipinski definition) is 4. The zero-order valence-corrected chi connectivity index (χ0v) is 13.2. The first kappa shape index (κ1) is 14.8.